The van der Waals surface area contributed by atoms with Gasteiger partial charge in [-0.2, -0.15) is 5.10 Å². The van der Waals surface area contributed by atoms with Crippen LogP contribution in [0.25, 0.3) is 22.0 Å². The lowest BCUT2D eigenvalue weighted by molar-refractivity contribution is -0.921. The van der Waals surface area contributed by atoms with Crippen LogP contribution >= 0.6 is 0 Å². The summed E-state index contributed by atoms with van der Waals surface area (Å²) in [6.07, 6.45) is 10.7. The molecule has 4 aromatic rings. The van der Waals surface area contributed by atoms with Gasteiger partial charge in [0.15, 0.2) is 0 Å². The van der Waals surface area contributed by atoms with Crippen molar-refractivity contribution in [3.63, 3.8) is 0 Å². The number of hydrogen-bond acceptors (Lipinski definition) is 5. The minimum atomic E-state index is -2.11. The molecule has 5 rings (SSSR count). The second-order valence-corrected chi connectivity index (χ2v) is 12.6. The minimum Gasteiger partial charge on any atom is -0.471 e. The molecule has 1 amide bonds. The minimum absolute atomic E-state index is 0.00235. The monoisotopic (exact) mass is 587 g/mol. The van der Waals surface area contributed by atoms with Crippen LogP contribution in [0.15, 0.2) is 61.1 Å². The summed E-state index contributed by atoms with van der Waals surface area (Å²) >= 11 is 0. The number of likely N-dealkylation sites (N-methyl/N-ethyl adjacent to an activating group) is 1. The number of rotatable bonds is 12. The molecule has 9 heteroatoms. The van der Waals surface area contributed by atoms with Crippen LogP contribution in [-0.2, 0) is 24.7 Å². The molecule has 3 atom stereocenters. The molecule has 0 saturated heterocycles. The number of alkyl halides is 1. The number of carbonyl (C=O) groups is 1. The Hall–Kier alpha value is -3.85. The van der Waals surface area contributed by atoms with Crippen LogP contribution in [0.4, 0.5) is 4.39 Å². The highest BCUT2D eigenvalue weighted by atomic mass is 19.1. The number of fused-ring (bicyclic) bond motifs is 1. The van der Waals surface area contributed by atoms with E-state index in [0.29, 0.717) is 36.4 Å². The average molecular weight is 588 g/mol. The van der Waals surface area contributed by atoms with Crippen LogP contribution in [0.3, 0.4) is 0 Å². The molecule has 3 heterocycles. The van der Waals surface area contributed by atoms with E-state index in [4.69, 9.17) is 15.5 Å². The number of pyridine rings is 2. The first-order valence-electron chi connectivity index (χ1n) is 15.4. The molecule has 0 radical (unpaired) electrons. The molecule has 228 valence electrons. The van der Waals surface area contributed by atoms with E-state index in [1.165, 1.54) is 0 Å². The Labute approximate surface area is 253 Å². The Morgan fingerprint density at radius 2 is 2.00 bits per heavy atom. The number of halogens is 1. The van der Waals surface area contributed by atoms with E-state index in [1.807, 2.05) is 63.9 Å². The maximum absolute atomic E-state index is 16.7. The highest BCUT2D eigenvalue weighted by Gasteiger charge is 2.56. The summed E-state index contributed by atoms with van der Waals surface area (Å²) in [6, 6.07) is 13.7. The molecular weight excluding hydrogens is 543 g/mol. The average Bonchev–Trinajstić information content (AvgIpc) is 3.42. The number of aromatic nitrogens is 4. The van der Waals surface area contributed by atoms with Gasteiger partial charge in [0, 0.05) is 42.5 Å². The maximum Gasteiger partial charge on any atom is 0.261 e. The largest absolute Gasteiger partial charge is 0.471 e. The number of carbonyl (C=O) groups excluding carboxylic acids is 1. The quantitative estimate of drug-likeness (QED) is 0.223. The van der Waals surface area contributed by atoms with E-state index < -0.39 is 17.6 Å². The van der Waals surface area contributed by atoms with Crippen LogP contribution in [0.5, 0.6) is 5.88 Å². The van der Waals surface area contributed by atoms with Gasteiger partial charge in [-0.05, 0) is 67.2 Å². The lowest BCUT2D eigenvalue weighted by Crippen LogP contribution is -2.66. The van der Waals surface area contributed by atoms with E-state index in [9.17, 15) is 4.79 Å². The number of quaternary nitrogens is 1. The first-order chi connectivity index (χ1) is 20.6. The van der Waals surface area contributed by atoms with Crippen molar-refractivity contribution in [3.05, 3.63) is 72.3 Å². The zero-order valence-corrected chi connectivity index (χ0v) is 25.8. The number of hydrogen-bond donors (Lipinski definition) is 1. The number of ether oxygens (including phenoxy) is 1. The van der Waals surface area contributed by atoms with Crippen LogP contribution in [0, 0.1) is 5.92 Å². The van der Waals surface area contributed by atoms with Crippen LogP contribution in [-0.4, -0.2) is 69.1 Å². The first-order valence-corrected chi connectivity index (χ1v) is 15.4. The smallest absolute Gasteiger partial charge is 0.261 e. The summed E-state index contributed by atoms with van der Waals surface area (Å²) in [5.74, 6) is -0.273. The van der Waals surface area contributed by atoms with Crippen molar-refractivity contribution in [2.24, 2.45) is 18.7 Å². The summed E-state index contributed by atoms with van der Waals surface area (Å²) < 4.78 is 25.0. The fourth-order valence-electron chi connectivity index (χ4n) is 6.58. The van der Waals surface area contributed by atoms with E-state index in [1.54, 1.807) is 10.9 Å². The molecule has 3 aromatic heterocycles. The molecular formula is C34H44FN6O2+. The number of unbranched alkanes of at least 4 members (excludes halogenated alkanes) is 1. The van der Waals surface area contributed by atoms with Gasteiger partial charge in [0.1, 0.15) is 19.2 Å². The van der Waals surface area contributed by atoms with E-state index in [-0.39, 0.29) is 12.3 Å². The van der Waals surface area contributed by atoms with Crippen molar-refractivity contribution in [3.8, 4) is 17.1 Å². The van der Waals surface area contributed by atoms with Crippen molar-refractivity contribution in [2.75, 3.05) is 27.2 Å². The summed E-state index contributed by atoms with van der Waals surface area (Å²) in [6.45, 7) is 3.04. The predicted molar refractivity (Wildman–Crippen MR) is 167 cm³/mol. The van der Waals surface area contributed by atoms with Gasteiger partial charge in [0.2, 0.25) is 11.5 Å². The molecule has 1 unspecified atom stereocenters. The highest BCUT2D eigenvalue weighted by molar-refractivity contribution is 5.87. The Kier molecular flexibility index (Phi) is 9.11. The van der Waals surface area contributed by atoms with E-state index in [0.717, 1.165) is 59.0 Å². The van der Waals surface area contributed by atoms with E-state index in [2.05, 4.69) is 29.1 Å². The van der Waals surface area contributed by atoms with Gasteiger partial charge in [0.25, 0.3) is 5.91 Å². The van der Waals surface area contributed by atoms with Gasteiger partial charge in [-0.3, -0.25) is 14.5 Å². The first kappa shape index (κ1) is 30.6. The Morgan fingerprint density at radius 1 is 1.19 bits per heavy atom. The molecule has 1 aromatic carbocycles. The molecule has 0 bridgehead atoms. The van der Waals surface area contributed by atoms with E-state index >= 15 is 4.39 Å². The fraction of sp³-hybridized carbons (Fsp3) is 0.471. The van der Waals surface area contributed by atoms with Crippen LogP contribution in [0.1, 0.15) is 50.3 Å². The number of benzene rings is 1. The predicted octanol–water partition coefficient (Wildman–Crippen LogP) is 5.43. The topological polar surface area (TPSA) is 95.9 Å². The molecule has 8 nitrogen and oxygen atoms in total. The van der Waals surface area contributed by atoms with Gasteiger partial charge in [-0.15, -0.1) is 0 Å². The van der Waals surface area contributed by atoms with Gasteiger partial charge >= 0.3 is 0 Å². The zero-order valence-electron chi connectivity index (χ0n) is 25.8. The molecule has 1 aliphatic rings. The number of nitrogens with zero attached hydrogens (tertiary/aromatic N) is 5. The zero-order chi connectivity index (χ0) is 30.6. The maximum atomic E-state index is 16.7. The second kappa shape index (κ2) is 12.8. The summed E-state index contributed by atoms with van der Waals surface area (Å²) in [5.41, 5.74) is 7.50. The summed E-state index contributed by atoms with van der Waals surface area (Å²) in [5, 5.41) is 6.27. The molecule has 2 N–H and O–H groups in total. The molecule has 0 aliphatic heterocycles. The second-order valence-electron chi connectivity index (χ2n) is 12.6. The molecule has 0 spiro atoms. The molecule has 1 saturated carbocycles. The van der Waals surface area contributed by atoms with Gasteiger partial charge < -0.3 is 15.0 Å². The highest BCUT2D eigenvalue weighted by Crippen LogP contribution is 2.41. The van der Waals surface area contributed by atoms with Gasteiger partial charge in [0.05, 0.1) is 26.0 Å². The number of primary amides is 1. The van der Waals surface area contributed by atoms with Crippen molar-refractivity contribution in [1.29, 1.82) is 0 Å². The molecule has 1 fully saturated rings. The molecule has 43 heavy (non-hydrogen) atoms. The van der Waals surface area contributed by atoms with Gasteiger partial charge in [-0.1, -0.05) is 37.6 Å². The summed E-state index contributed by atoms with van der Waals surface area (Å²) in [7, 11) is 5.81. The number of amides is 1. The number of aryl methyl sites for hydroxylation is 2. The summed E-state index contributed by atoms with van der Waals surface area (Å²) in [4.78, 5) is 22.1. The van der Waals surface area contributed by atoms with Crippen LogP contribution in [0.2, 0.25) is 0 Å². The third-order valence-corrected chi connectivity index (χ3v) is 9.02. The fourth-order valence-corrected chi connectivity index (χ4v) is 6.58. The Bertz CT molecular complexity index is 1550. The lowest BCUT2D eigenvalue weighted by Gasteiger charge is -2.47. The standard InChI is InChI=1S/C34H43FN6O2/c1-5-6-10-28-19-26-9-7-8-11-29(26)32(39-28)43-17-16-41(3,4)31-15-13-24(20-34(31,35)33(36)42)18-25-12-14-30(37-21-25)27-22-38-40(2)23-27/h7-9,11-12,14,19,21-24,31H,5-6,10,13,15-18,20H2,1-4H3,(H-,36,42)/p+1/t24?,31-,34-/m0/s1. The van der Waals surface area contributed by atoms with Crippen molar-refractivity contribution < 1.29 is 18.4 Å². The Balaban J connectivity index is 1.24. The van der Waals surface area contributed by atoms with Gasteiger partial charge in [-0.25, -0.2) is 9.37 Å². The number of nitrogens with two attached hydrogens (primary N) is 1. The van der Waals surface area contributed by atoms with Crippen molar-refractivity contribution in [1.82, 2.24) is 19.7 Å². The third-order valence-electron chi connectivity index (χ3n) is 9.02. The Morgan fingerprint density at radius 3 is 2.70 bits per heavy atom. The SMILES string of the molecule is CCCCc1cc2ccccc2c(OCC[N+](C)(C)[C@H]2CCC(Cc3ccc(-c4cnn(C)c4)nc3)C[C@@]2(F)C(N)=O)n1. The molecule has 1 aliphatic carbocycles. The normalized spacial score (nSPS) is 20.8. The third kappa shape index (κ3) is 6.88. The lowest BCUT2D eigenvalue weighted by atomic mass is 9.72. The van der Waals surface area contributed by atoms with Crippen LogP contribution < -0.4 is 10.5 Å². The van der Waals surface area contributed by atoms with Crippen molar-refractivity contribution >= 4 is 16.7 Å². The van der Waals surface area contributed by atoms with Crippen molar-refractivity contribution in [2.45, 2.75) is 63.6 Å².